The lowest BCUT2D eigenvalue weighted by Gasteiger charge is -2.26. The van der Waals surface area contributed by atoms with Crippen LogP contribution < -0.4 is 10.2 Å². The summed E-state index contributed by atoms with van der Waals surface area (Å²) in [6, 6.07) is 19.4. The molecule has 32 heavy (non-hydrogen) atoms. The summed E-state index contributed by atoms with van der Waals surface area (Å²) in [6.45, 7) is 4.11. The van der Waals surface area contributed by atoms with Crippen molar-refractivity contribution in [2.75, 3.05) is 4.90 Å². The van der Waals surface area contributed by atoms with Crippen molar-refractivity contribution in [2.24, 2.45) is 0 Å². The van der Waals surface area contributed by atoms with E-state index < -0.39 is 17.8 Å². The van der Waals surface area contributed by atoms with Gasteiger partial charge in [-0.25, -0.2) is 9.69 Å². The lowest BCUT2D eigenvalue weighted by molar-refractivity contribution is -0.122. The SMILES string of the molecule is Cc1cc(C)cc(Cc2ccccc2/C=C2\C(=O)NC(=O)N(c3ccc(Cl)cc3)C2=O)c1. The van der Waals surface area contributed by atoms with E-state index in [2.05, 4.69) is 37.4 Å². The third-order valence-electron chi connectivity index (χ3n) is 5.22. The third kappa shape index (κ3) is 4.48. The van der Waals surface area contributed by atoms with E-state index in [1.54, 1.807) is 30.3 Å². The Morgan fingerprint density at radius 3 is 2.25 bits per heavy atom. The highest BCUT2D eigenvalue weighted by Crippen LogP contribution is 2.25. The van der Waals surface area contributed by atoms with E-state index in [0.29, 0.717) is 17.1 Å². The highest BCUT2D eigenvalue weighted by Gasteiger charge is 2.36. The smallest absolute Gasteiger partial charge is 0.273 e. The van der Waals surface area contributed by atoms with Gasteiger partial charge < -0.3 is 0 Å². The molecule has 0 bridgehead atoms. The van der Waals surface area contributed by atoms with Crippen molar-refractivity contribution in [1.29, 1.82) is 0 Å². The Balaban J connectivity index is 1.71. The summed E-state index contributed by atoms with van der Waals surface area (Å²) in [6.07, 6.45) is 2.20. The Labute approximate surface area is 191 Å². The molecule has 0 aliphatic carbocycles. The number of nitrogens with zero attached hydrogens (tertiary/aromatic N) is 1. The molecule has 1 heterocycles. The van der Waals surface area contributed by atoms with Gasteiger partial charge in [-0.15, -0.1) is 0 Å². The third-order valence-corrected chi connectivity index (χ3v) is 5.47. The van der Waals surface area contributed by atoms with Crippen molar-refractivity contribution in [1.82, 2.24) is 5.32 Å². The first-order chi connectivity index (χ1) is 15.3. The Morgan fingerprint density at radius 1 is 0.906 bits per heavy atom. The number of carbonyl (C=O) groups excluding carboxylic acids is 3. The number of urea groups is 1. The minimum absolute atomic E-state index is 0.104. The van der Waals surface area contributed by atoms with Crippen molar-refractivity contribution < 1.29 is 14.4 Å². The van der Waals surface area contributed by atoms with Crippen LogP contribution in [0.2, 0.25) is 5.02 Å². The van der Waals surface area contributed by atoms with E-state index in [9.17, 15) is 14.4 Å². The molecule has 5 nitrogen and oxygen atoms in total. The number of rotatable bonds is 4. The number of carbonyl (C=O) groups is 3. The molecule has 0 radical (unpaired) electrons. The molecular formula is C26H21ClN2O3. The van der Waals surface area contributed by atoms with Crippen LogP contribution in [0.15, 0.2) is 72.3 Å². The normalized spacial score (nSPS) is 15.3. The Morgan fingerprint density at radius 2 is 1.56 bits per heavy atom. The van der Waals surface area contributed by atoms with E-state index in [1.165, 1.54) is 11.1 Å². The number of anilines is 1. The molecule has 6 heteroatoms. The van der Waals surface area contributed by atoms with Crippen molar-refractivity contribution in [3.63, 3.8) is 0 Å². The molecule has 160 valence electrons. The standard InChI is InChI=1S/C26H21ClN2O3/c1-16-11-17(2)13-18(12-16)14-19-5-3-4-6-20(19)15-23-24(30)28-26(32)29(25(23)31)22-9-7-21(27)8-10-22/h3-13,15H,14H2,1-2H3,(H,28,30,32)/b23-15+. The molecule has 3 aromatic rings. The van der Waals surface area contributed by atoms with Gasteiger partial charge in [-0.2, -0.15) is 0 Å². The van der Waals surface area contributed by atoms with Crippen LogP contribution in [0.4, 0.5) is 10.5 Å². The average Bonchev–Trinajstić information content (AvgIpc) is 2.73. The van der Waals surface area contributed by atoms with Crippen molar-refractivity contribution in [3.8, 4) is 0 Å². The fourth-order valence-corrected chi connectivity index (χ4v) is 3.99. The summed E-state index contributed by atoms with van der Waals surface area (Å²) in [5, 5.41) is 2.73. The predicted octanol–water partition coefficient (Wildman–Crippen LogP) is 5.21. The first-order valence-electron chi connectivity index (χ1n) is 10.1. The van der Waals surface area contributed by atoms with E-state index in [0.717, 1.165) is 21.6 Å². The second-order valence-corrected chi connectivity index (χ2v) is 8.24. The Hall–Kier alpha value is -3.70. The zero-order valence-electron chi connectivity index (χ0n) is 17.7. The predicted molar refractivity (Wildman–Crippen MR) is 126 cm³/mol. The van der Waals surface area contributed by atoms with Gasteiger partial charge in [0, 0.05) is 5.02 Å². The maximum atomic E-state index is 13.1. The van der Waals surface area contributed by atoms with Gasteiger partial charge in [0.25, 0.3) is 11.8 Å². The van der Waals surface area contributed by atoms with E-state index in [-0.39, 0.29) is 5.57 Å². The molecule has 1 saturated heterocycles. The van der Waals surface area contributed by atoms with E-state index in [1.807, 2.05) is 24.3 Å². The largest absolute Gasteiger partial charge is 0.335 e. The molecule has 1 aliphatic rings. The zero-order valence-corrected chi connectivity index (χ0v) is 18.4. The average molecular weight is 445 g/mol. The topological polar surface area (TPSA) is 66.5 Å². The van der Waals surface area contributed by atoms with Crippen molar-refractivity contribution in [2.45, 2.75) is 20.3 Å². The molecule has 3 aromatic carbocycles. The maximum absolute atomic E-state index is 13.1. The first-order valence-corrected chi connectivity index (χ1v) is 10.5. The number of aryl methyl sites for hydroxylation is 2. The van der Waals surface area contributed by atoms with Gasteiger partial charge in [0.05, 0.1) is 5.69 Å². The van der Waals surface area contributed by atoms with Crippen LogP contribution >= 0.6 is 11.6 Å². The Kier molecular flexibility index (Phi) is 5.93. The fraction of sp³-hybridized carbons (Fsp3) is 0.115. The number of imide groups is 2. The molecule has 4 rings (SSSR count). The second-order valence-electron chi connectivity index (χ2n) is 7.81. The molecule has 0 spiro atoms. The van der Waals surface area contributed by atoms with Gasteiger partial charge in [0.2, 0.25) is 0 Å². The lowest BCUT2D eigenvalue weighted by atomic mass is 9.95. The van der Waals surface area contributed by atoms with Crippen LogP contribution in [-0.2, 0) is 16.0 Å². The summed E-state index contributed by atoms with van der Waals surface area (Å²) < 4.78 is 0. The van der Waals surface area contributed by atoms with Crippen molar-refractivity contribution in [3.05, 3.63) is 105 Å². The van der Waals surface area contributed by atoms with Gasteiger partial charge in [-0.3, -0.25) is 14.9 Å². The summed E-state index contributed by atoms with van der Waals surface area (Å²) in [5.41, 5.74) is 5.44. The van der Waals surface area contributed by atoms with E-state index >= 15 is 0 Å². The fourth-order valence-electron chi connectivity index (χ4n) is 3.86. The molecule has 0 unspecified atom stereocenters. The number of benzene rings is 3. The number of halogens is 1. The van der Waals surface area contributed by atoms with Crippen LogP contribution in [0, 0.1) is 13.8 Å². The second kappa shape index (κ2) is 8.81. The van der Waals surface area contributed by atoms with Gasteiger partial charge >= 0.3 is 6.03 Å². The minimum Gasteiger partial charge on any atom is -0.273 e. The van der Waals surface area contributed by atoms with Gasteiger partial charge in [-0.1, -0.05) is 65.2 Å². The molecule has 0 atom stereocenters. The zero-order chi connectivity index (χ0) is 22.8. The summed E-state index contributed by atoms with van der Waals surface area (Å²) in [5.74, 6) is -1.39. The molecule has 1 aliphatic heterocycles. The highest BCUT2D eigenvalue weighted by molar-refractivity contribution is 6.39. The molecular weight excluding hydrogens is 424 g/mol. The van der Waals surface area contributed by atoms with Gasteiger partial charge in [0.15, 0.2) is 0 Å². The van der Waals surface area contributed by atoms with Crippen LogP contribution in [0.1, 0.15) is 27.8 Å². The summed E-state index contributed by atoms with van der Waals surface area (Å²) in [4.78, 5) is 39.0. The molecule has 0 saturated carbocycles. The minimum atomic E-state index is -0.789. The van der Waals surface area contributed by atoms with E-state index in [4.69, 9.17) is 11.6 Å². The van der Waals surface area contributed by atoms with Crippen molar-refractivity contribution >= 4 is 41.2 Å². The molecule has 1 fully saturated rings. The number of amides is 4. The quantitative estimate of drug-likeness (QED) is 0.443. The van der Waals surface area contributed by atoms with Crippen LogP contribution in [-0.4, -0.2) is 17.8 Å². The van der Waals surface area contributed by atoms with Crippen LogP contribution in [0.5, 0.6) is 0 Å². The highest BCUT2D eigenvalue weighted by atomic mass is 35.5. The van der Waals surface area contributed by atoms with Crippen LogP contribution in [0.25, 0.3) is 6.08 Å². The summed E-state index contributed by atoms with van der Waals surface area (Å²) >= 11 is 5.92. The maximum Gasteiger partial charge on any atom is 0.335 e. The summed E-state index contributed by atoms with van der Waals surface area (Å²) in [7, 11) is 0. The number of nitrogens with one attached hydrogen (secondary N) is 1. The van der Waals surface area contributed by atoms with Crippen LogP contribution in [0.3, 0.4) is 0 Å². The Bertz CT molecular complexity index is 1240. The lowest BCUT2D eigenvalue weighted by Crippen LogP contribution is -2.54. The molecule has 0 aromatic heterocycles. The monoisotopic (exact) mass is 444 g/mol. The molecule has 4 amide bonds. The first kappa shape index (κ1) is 21.5. The molecule has 1 N–H and O–H groups in total. The number of hydrogen-bond acceptors (Lipinski definition) is 3. The van der Waals surface area contributed by atoms with Gasteiger partial charge in [0.1, 0.15) is 5.57 Å². The number of barbiturate groups is 1. The number of hydrogen-bond donors (Lipinski definition) is 1. The van der Waals surface area contributed by atoms with Gasteiger partial charge in [-0.05, 0) is 67.3 Å².